The van der Waals surface area contributed by atoms with Crippen LogP contribution in [0.5, 0.6) is 5.75 Å². The summed E-state index contributed by atoms with van der Waals surface area (Å²) in [6, 6.07) is 8.00. The molecule has 0 bridgehead atoms. The number of rotatable bonds is 8. The third kappa shape index (κ3) is 4.48. The lowest BCUT2D eigenvalue weighted by atomic mass is 9.82. The first-order valence-electron chi connectivity index (χ1n) is 8.70. The maximum atomic E-state index is 7.68. The largest absolute Gasteiger partial charge is 0.497 e. The van der Waals surface area contributed by atoms with Gasteiger partial charge in [0, 0.05) is 11.8 Å². The molecule has 1 fully saturated rings. The zero-order valence-corrected chi connectivity index (χ0v) is 15.1. The van der Waals surface area contributed by atoms with Gasteiger partial charge >= 0.3 is 0 Å². The molecule has 5 heteroatoms. The first kappa shape index (κ1) is 18.7. The number of nitrogens with one attached hydrogen (secondary N) is 1. The first-order valence-corrected chi connectivity index (χ1v) is 8.70. The minimum atomic E-state index is -0.778. The van der Waals surface area contributed by atoms with Gasteiger partial charge in [0.15, 0.2) is 5.79 Å². The van der Waals surface area contributed by atoms with Crippen molar-refractivity contribution in [2.45, 2.75) is 51.7 Å². The van der Waals surface area contributed by atoms with Crippen molar-refractivity contribution in [3.05, 3.63) is 29.8 Å². The van der Waals surface area contributed by atoms with Crippen molar-refractivity contribution in [3.8, 4) is 5.75 Å². The highest BCUT2D eigenvalue weighted by atomic mass is 16.7. The Bertz CT molecular complexity index is 528. The van der Waals surface area contributed by atoms with Crippen LogP contribution in [0.15, 0.2) is 24.3 Å². The van der Waals surface area contributed by atoms with Crippen LogP contribution in [-0.4, -0.2) is 31.9 Å². The van der Waals surface area contributed by atoms with E-state index < -0.39 is 5.79 Å². The van der Waals surface area contributed by atoms with Gasteiger partial charge in [-0.15, -0.1) is 0 Å². The molecular weight excluding hydrogens is 304 g/mol. The van der Waals surface area contributed by atoms with E-state index in [9.17, 15) is 0 Å². The molecule has 134 valence electrons. The lowest BCUT2D eigenvalue weighted by Gasteiger charge is -2.46. The van der Waals surface area contributed by atoms with Gasteiger partial charge in [-0.3, -0.25) is 5.41 Å². The summed E-state index contributed by atoms with van der Waals surface area (Å²) in [4.78, 5) is 0. The van der Waals surface area contributed by atoms with E-state index in [0.717, 1.165) is 25.0 Å². The first-order chi connectivity index (χ1) is 11.5. The summed E-state index contributed by atoms with van der Waals surface area (Å²) >= 11 is 0. The van der Waals surface area contributed by atoms with Gasteiger partial charge in [-0.2, -0.15) is 0 Å². The van der Waals surface area contributed by atoms with Crippen LogP contribution in [0.1, 0.15) is 45.1 Å². The number of aryl methyl sites for hydroxylation is 1. The van der Waals surface area contributed by atoms with Crippen LogP contribution in [0.2, 0.25) is 0 Å². The fraction of sp³-hybridized carbons (Fsp3) is 0.632. The number of benzene rings is 1. The summed E-state index contributed by atoms with van der Waals surface area (Å²) in [5.41, 5.74) is 6.93. The Morgan fingerprint density at radius 2 is 1.75 bits per heavy atom. The van der Waals surface area contributed by atoms with Gasteiger partial charge in [0.05, 0.1) is 32.6 Å². The lowest BCUT2D eigenvalue weighted by Crippen LogP contribution is -2.51. The molecule has 24 heavy (non-hydrogen) atoms. The maximum Gasteiger partial charge on any atom is 0.175 e. The molecule has 1 aromatic carbocycles. The third-order valence-corrected chi connectivity index (χ3v) is 5.20. The Labute approximate surface area is 145 Å². The van der Waals surface area contributed by atoms with Crippen molar-refractivity contribution >= 4 is 5.84 Å². The zero-order chi connectivity index (χ0) is 17.6. The van der Waals surface area contributed by atoms with Crippen LogP contribution in [-0.2, 0) is 15.9 Å². The quantitative estimate of drug-likeness (QED) is 0.563. The highest BCUT2D eigenvalue weighted by molar-refractivity contribution is 5.77. The molecule has 0 aromatic heterocycles. The molecule has 0 atom stereocenters. The normalized spacial score (nSPS) is 19.0. The molecule has 0 aliphatic carbocycles. The predicted molar refractivity (Wildman–Crippen MR) is 95.5 cm³/mol. The van der Waals surface area contributed by atoms with Crippen molar-refractivity contribution in [2.75, 3.05) is 20.3 Å². The summed E-state index contributed by atoms with van der Waals surface area (Å²) in [6.07, 6.45) is 3.86. The third-order valence-electron chi connectivity index (χ3n) is 5.20. The van der Waals surface area contributed by atoms with Gasteiger partial charge in [0.1, 0.15) is 5.75 Å². The monoisotopic (exact) mass is 334 g/mol. The van der Waals surface area contributed by atoms with E-state index in [-0.39, 0.29) is 11.3 Å². The Hall–Kier alpha value is -1.59. The van der Waals surface area contributed by atoms with Crippen LogP contribution in [0.3, 0.4) is 0 Å². The number of methoxy groups -OCH3 is 1. The van der Waals surface area contributed by atoms with Crippen LogP contribution in [0.4, 0.5) is 0 Å². The number of nitrogens with two attached hydrogens (primary N) is 1. The second-order valence-corrected chi connectivity index (χ2v) is 6.75. The van der Waals surface area contributed by atoms with E-state index in [1.54, 1.807) is 7.11 Å². The molecule has 1 saturated heterocycles. The number of ether oxygens (including phenoxy) is 3. The van der Waals surface area contributed by atoms with Gasteiger partial charge in [-0.25, -0.2) is 0 Å². The van der Waals surface area contributed by atoms with E-state index in [0.29, 0.717) is 26.1 Å². The SMILES string of the molecule is CCC1(CC)COC(CCc2ccc(OC)cc2)(CC(=N)N)OC1. The van der Waals surface area contributed by atoms with Crippen LogP contribution in [0, 0.1) is 10.8 Å². The molecule has 0 radical (unpaired) electrons. The Morgan fingerprint density at radius 1 is 1.17 bits per heavy atom. The molecule has 1 aliphatic rings. The fourth-order valence-corrected chi connectivity index (χ4v) is 3.06. The van der Waals surface area contributed by atoms with E-state index in [2.05, 4.69) is 13.8 Å². The van der Waals surface area contributed by atoms with Crippen molar-refractivity contribution in [2.24, 2.45) is 11.1 Å². The van der Waals surface area contributed by atoms with E-state index in [1.807, 2.05) is 24.3 Å². The van der Waals surface area contributed by atoms with Crippen molar-refractivity contribution in [1.29, 1.82) is 5.41 Å². The molecular formula is C19H30N2O3. The van der Waals surface area contributed by atoms with Crippen LogP contribution < -0.4 is 10.5 Å². The van der Waals surface area contributed by atoms with E-state index in [1.165, 1.54) is 5.56 Å². The van der Waals surface area contributed by atoms with Crippen LogP contribution >= 0.6 is 0 Å². The molecule has 3 N–H and O–H groups in total. The summed E-state index contributed by atoms with van der Waals surface area (Å²) in [5, 5.41) is 7.68. The summed E-state index contributed by atoms with van der Waals surface area (Å²) < 4.78 is 17.5. The minimum Gasteiger partial charge on any atom is -0.497 e. The zero-order valence-electron chi connectivity index (χ0n) is 15.1. The number of amidine groups is 1. The second-order valence-electron chi connectivity index (χ2n) is 6.75. The fourth-order valence-electron chi connectivity index (χ4n) is 3.06. The molecule has 0 amide bonds. The van der Waals surface area contributed by atoms with E-state index in [4.69, 9.17) is 25.4 Å². The second kappa shape index (κ2) is 7.99. The molecule has 1 aromatic rings. The van der Waals surface area contributed by atoms with Gasteiger partial charge < -0.3 is 19.9 Å². The van der Waals surface area contributed by atoms with E-state index >= 15 is 0 Å². The molecule has 0 unspecified atom stereocenters. The van der Waals surface area contributed by atoms with Crippen molar-refractivity contribution < 1.29 is 14.2 Å². The average molecular weight is 334 g/mol. The highest BCUT2D eigenvalue weighted by Gasteiger charge is 2.43. The average Bonchev–Trinajstić information content (AvgIpc) is 2.61. The maximum absolute atomic E-state index is 7.68. The topological polar surface area (TPSA) is 77.6 Å². The number of hydrogen-bond donors (Lipinski definition) is 2. The molecule has 2 rings (SSSR count). The molecule has 1 aliphatic heterocycles. The van der Waals surface area contributed by atoms with Gasteiger partial charge in [-0.1, -0.05) is 26.0 Å². The van der Waals surface area contributed by atoms with Crippen molar-refractivity contribution in [1.82, 2.24) is 0 Å². The Kier molecular flexibility index (Phi) is 6.24. The highest BCUT2D eigenvalue weighted by Crippen LogP contribution is 2.39. The van der Waals surface area contributed by atoms with Crippen LogP contribution in [0.25, 0.3) is 0 Å². The summed E-state index contributed by atoms with van der Waals surface area (Å²) in [7, 11) is 1.66. The minimum absolute atomic E-state index is 0.0837. The lowest BCUT2D eigenvalue weighted by molar-refractivity contribution is -0.304. The molecule has 1 heterocycles. The van der Waals surface area contributed by atoms with Gasteiger partial charge in [0.25, 0.3) is 0 Å². The molecule has 0 spiro atoms. The van der Waals surface area contributed by atoms with Crippen molar-refractivity contribution in [3.63, 3.8) is 0 Å². The summed E-state index contributed by atoms with van der Waals surface area (Å²) in [6.45, 7) is 5.67. The summed E-state index contributed by atoms with van der Waals surface area (Å²) in [5.74, 6) is 0.169. The molecule has 5 nitrogen and oxygen atoms in total. The Morgan fingerprint density at radius 3 is 2.21 bits per heavy atom. The standard InChI is InChI=1S/C19H30N2O3/c1-4-18(5-2)13-23-19(24-14-18,12-17(20)21)11-10-15-6-8-16(22-3)9-7-15/h6-9H,4-5,10-14H2,1-3H3,(H3,20,21). The predicted octanol–water partition coefficient (Wildman–Crippen LogP) is 3.50. The van der Waals surface area contributed by atoms with Gasteiger partial charge in [0.2, 0.25) is 0 Å². The smallest absolute Gasteiger partial charge is 0.175 e. The Balaban J connectivity index is 2.04. The van der Waals surface area contributed by atoms with Gasteiger partial charge in [-0.05, 0) is 37.0 Å². The number of hydrogen-bond acceptors (Lipinski definition) is 4. The molecule has 0 saturated carbocycles.